The summed E-state index contributed by atoms with van der Waals surface area (Å²) in [6.07, 6.45) is 3.69. The molecule has 0 saturated carbocycles. The van der Waals surface area contributed by atoms with Gasteiger partial charge in [0.1, 0.15) is 5.75 Å². The zero-order valence-corrected chi connectivity index (χ0v) is 13.3. The monoisotopic (exact) mass is 276 g/mol. The van der Waals surface area contributed by atoms with E-state index in [0.717, 1.165) is 12.2 Å². The number of likely N-dealkylation sites (N-methyl/N-ethyl adjacent to an activating group) is 1. The van der Waals surface area contributed by atoms with Gasteiger partial charge in [-0.25, -0.2) is 0 Å². The molecule has 3 nitrogen and oxygen atoms in total. The molecule has 0 aromatic heterocycles. The highest BCUT2D eigenvalue weighted by molar-refractivity contribution is 5.29. The summed E-state index contributed by atoms with van der Waals surface area (Å²) in [4.78, 5) is 2.62. The van der Waals surface area contributed by atoms with Crippen LogP contribution in [0.15, 0.2) is 24.3 Å². The molecule has 0 bridgehead atoms. The molecular formula is C17H28N2O. The first-order valence-electron chi connectivity index (χ1n) is 7.63. The Morgan fingerprint density at radius 1 is 1.30 bits per heavy atom. The molecule has 1 aliphatic heterocycles. The highest BCUT2D eigenvalue weighted by Gasteiger charge is 2.35. The predicted octanol–water partition coefficient (Wildman–Crippen LogP) is 2.70. The average molecular weight is 276 g/mol. The van der Waals surface area contributed by atoms with E-state index in [9.17, 15) is 0 Å². The van der Waals surface area contributed by atoms with Crippen LogP contribution in [0.1, 0.15) is 32.3 Å². The van der Waals surface area contributed by atoms with Gasteiger partial charge in [-0.15, -0.1) is 0 Å². The zero-order chi connectivity index (χ0) is 14.6. The molecule has 1 aromatic rings. The van der Waals surface area contributed by atoms with Crippen LogP contribution in [0.5, 0.6) is 5.75 Å². The molecule has 1 aliphatic rings. The van der Waals surface area contributed by atoms with Crippen molar-refractivity contribution in [3.8, 4) is 5.75 Å². The number of ether oxygens (including phenoxy) is 1. The summed E-state index contributed by atoms with van der Waals surface area (Å²) in [6.45, 7) is 7.17. The molecule has 2 rings (SSSR count). The molecule has 112 valence electrons. The minimum absolute atomic E-state index is 0.175. The summed E-state index contributed by atoms with van der Waals surface area (Å²) in [7, 11) is 3.80. The molecule has 1 fully saturated rings. The van der Waals surface area contributed by atoms with Crippen molar-refractivity contribution in [3.63, 3.8) is 0 Å². The Labute approximate surface area is 123 Å². The van der Waals surface area contributed by atoms with Gasteiger partial charge in [0.2, 0.25) is 0 Å². The van der Waals surface area contributed by atoms with Crippen molar-refractivity contribution >= 4 is 0 Å². The molecule has 3 heteroatoms. The van der Waals surface area contributed by atoms with E-state index in [2.05, 4.69) is 49.3 Å². The first-order valence-corrected chi connectivity index (χ1v) is 7.63. The number of benzene rings is 1. The lowest BCUT2D eigenvalue weighted by Gasteiger charge is -2.42. The lowest BCUT2D eigenvalue weighted by molar-refractivity contribution is 0.110. The number of hydrogen-bond donors (Lipinski definition) is 1. The van der Waals surface area contributed by atoms with Crippen LogP contribution in [0.2, 0.25) is 0 Å². The number of likely N-dealkylation sites (tertiary alicyclic amines) is 1. The fourth-order valence-electron chi connectivity index (χ4n) is 3.25. The van der Waals surface area contributed by atoms with Gasteiger partial charge in [-0.1, -0.05) is 12.1 Å². The Balaban J connectivity index is 2.10. The molecule has 0 spiro atoms. The van der Waals surface area contributed by atoms with Crippen molar-refractivity contribution < 1.29 is 4.74 Å². The first-order chi connectivity index (χ1) is 9.57. The molecule has 1 unspecified atom stereocenters. The van der Waals surface area contributed by atoms with Crippen molar-refractivity contribution in [1.82, 2.24) is 10.2 Å². The number of nitrogens with zero attached hydrogens (tertiary/aromatic N) is 1. The number of methoxy groups -OCH3 is 1. The van der Waals surface area contributed by atoms with E-state index in [4.69, 9.17) is 4.74 Å². The number of nitrogens with one attached hydrogen (secondary N) is 1. The molecule has 1 atom stereocenters. The van der Waals surface area contributed by atoms with E-state index in [-0.39, 0.29) is 5.54 Å². The van der Waals surface area contributed by atoms with Gasteiger partial charge >= 0.3 is 0 Å². The van der Waals surface area contributed by atoms with Crippen LogP contribution >= 0.6 is 0 Å². The second-order valence-electron chi connectivity index (χ2n) is 6.24. The standard InChI is InChI=1S/C17H28N2O/c1-17(2,19-10-5-6-11-19)16(18-3)13-14-8-7-9-15(12-14)20-4/h7-9,12,16,18H,5-6,10-11,13H2,1-4H3. The van der Waals surface area contributed by atoms with Crippen molar-refractivity contribution in [2.24, 2.45) is 0 Å². The van der Waals surface area contributed by atoms with E-state index < -0.39 is 0 Å². The van der Waals surface area contributed by atoms with Gasteiger partial charge in [-0.2, -0.15) is 0 Å². The summed E-state index contributed by atoms with van der Waals surface area (Å²) < 4.78 is 5.32. The van der Waals surface area contributed by atoms with Crippen LogP contribution in [-0.2, 0) is 6.42 Å². The third kappa shape index (κ3) is 3.33. The van der Waals surface area contributed by atoms with Crippen LogP contribution in [0.25, 0.3) is 0 Å². The molecule has 0 aliphatic carbocycles. The minimum atomic E-state index is 0.175. The van der Waals surface area contributed by atoms with Crippen molar-refractivity contribution in [2.75, 3.05) is 27.2 Å². The van der Waals surface area contributed by atoms with E-state index in [1.165, 1.54) is 31.5 Å². The van der Waals surface area contributed by atoms with Gasteiger partial charge in [0.25, 0.3) is 0 Å². The summed E-state index contributed by atoms with van der Waals surface area (Å²) in [5, 5.41) is 3.52. The van der Waals surface area contributed by atoms with E-state index >= 15 is 0 Å². The topological polar surface area (TPSA) is 24.5 Å². The van der Waals surface area contributed by atoms with Crippen molar-refractivity contribution in [1.29, 1.82) is 0 Å². The fraction of sp³-hybridized carbons (Fsp3) is 0.647. The zero-order valence-electron chi connectivity index (χ0n) is 13.3. The average Bonchev–Trinajstić information content (AvgIpc) is 2.99. The van der Waals surface area contributed by atoms with Crippen LogP contribution in [-0.4, -0.2) is 43.7 Å². The Morgan fingerprint density at radius 3 is 2.60 bits per heavy atom. The van der Waals surface area contributed by atoms with E-state index in [1.807, 2.05) is 6.07 Å². The second-order valence-corrected chi connectivity index (χ2v) is 6.24. The summed E-state index contributed by atoms with van der Waals surface area (Å²) >= 11 is 0. The minimum Gasteiger partial charge on any atom is -0.497 e. The predicted molar refractivity (Wildman–Crippen MR) is 84.4 cm³/mol. The van der Waals surface area contributed by atoms with Crippen molar-refractivity contribution in [3.05, 3.63) is 29.8 Å². The van der Waals surface area contributed by atoms with Crippen LogP contribution in [0.3, 0.4) is 0 Å². The lowest BCUT2D eigenvalue weighted by Crippen LogP contribution is -2.57. The fourth-order valence-corrected chi connectivity index (χ4v) is 3.25. The largest absolute Gasteiger partial charge is 0.497 e. The van der Waals surface area contributed by atoms with Crippen LogP contribution < -0.4 is 10.1 Å². The summed E-state index contributed by atoms with van der Waals surface area (Å²) in [5.41, 5.74) is 1.50. The smallest absolute Gasteiger partial charge is 0.119 e. The molecule has 1 aromatic carbocycles. The maximum Gasteiger partial charge on any atom is 0.119 e. The van der Waals surface area contributed by atoms with Crippen LogP contribution in [0, 0.1) is 0 Å². The quantitative estimate of drug-likeness (QED) is 0.864. The maximum atomic E-state index is 5.32. The normalized spacial score (nSPS) is 18.2. The SMILES string of the molecule is CNC(Cc1cccc(OC)c1)C(C)(C)N1CCCC1. The molecule has 20 heavy (non-hydrogen) atoms. The Hall–Kier alpha value is -1.06. The second kappa shape index (κ2) is 6.59. The molecule has 0 amide bonds. The summed E-state index contributed by atoms with van der Waals surface area (Å²) in [5.74, 6) is 0.941. The molecular weight excluding hydrogens is 248 g/mol. The van der Waals surface area contributed by atoms with Crippen molar-refractivity contribution in [2.45, 2.75) is 44.7 Å². The Kier molecular flexibility index (Phi) is 5.06. The summed E-state index contributed by atoms with van der Waals surface area (Å²) in [6, 6.07) is 8.84. The van der Waals surface area contributed by atoms with Gasteiger partial charge < -0.3 is 10.1 Å². The van der Waals surface area contributed by atoms with Gasteiger partial charge in [-0.3, -0.25) is 4.90 Å². The lowest BCUT2D eigenvalue weighted by atomic mass is 9.87. The highest BCUT2D eigenvalue weighted by atomic mass is 16.5. The van der Waals surface area contributed by atoms with E-state index in [0.29, 0.717) is 6.04 Å². The van der Waals surface area contributed by atoms with E-state index in [1.54, 1.807) is 7.11 Å². The molecule has 1 saturated heterocycles. The number of rotatable bonds is 6. The maximum absolute atomic E-state index is 5.32. The third-order valence-electron chi connectivity index (χ3n) is 4.70. The van der Waals surface area contributed by atoms with Gasteiger partial charge in [0.05, 0.1) is 7.11 Å². The third-order valence-corrected chi connectivity index (χ3v) is 4.70. The first kappa shape index (κ1) is 15.3. The van der Waals surface area contributed by atoms with Gasteiger partial charge in [0, 0.05) is 11.6 Å². The molecule has 1 heterocycles. The van der Waals surface area contributed by atoms with Gasteiger partial charge in [-0.05, 0) is 70.9 Å². The molecule has 0 radical (unpaired) electrons. The Bertz CT molecular complexity index is 425. The van der Waals surface area contributed by atoms with Gasteiger partial charge in [0.15, 0.2) is 0 Å². The number of hydrogen-bond acceptors (Lipinski definition) is 3. The van der Waals surface area contributed by atoms with Crippen LogP contribution in [0.4, 0.5) is 0 Å². The Morgan fingerprint density at radius 2 is 2.00 bits per heavy atom. The molecule has 1 N–H and O–H groups in total. The highest BCUT2D eigenvalue weighted by Crippen LogP contribution is 2.26.